The Kier molecular flexibility index (Phi) is 5.52. The first kappa shape index (κ1) is 15.4. The maximum atomic E-state index is 11.8. The van der Waals surface area contributed by atoms with Gasteiger partial charge in [-0.1, -0.05) is 30.1 Å². The van der Waals surface area contributed by atoms with Crippen LogP contribution >= 0.6 is 23.2 Å². The maximum absolute atomic E-state index is 11.8. The Hall–Kier alpha value is -0.970. The Labute approximate surface area is 129 Å². The number of carbonyl (C=O) groups is 1. The number of likely N-dealkylation sites (N-methyl/N-ethyl adjacent to an activating group) is 1. The van der Waals surface area contributed by atoms with Gasteiger partial charge in [0.2, 0.25) is 0 Å². The Morgan fingerprint density at radius 1 is 1.40 bits per heavy atom. The summed E-state index contributed by atoms with van der Waals surface area (Å²) in [5.74, 6) is 0. The molecule has 1 atom stereocenters. The predicted molar refractivity (Wildman–Crippen MR) is 83.8 cm³/mol. The van der Waals surface area contributed by atoms with E-state index in [1.54, 1.807) is 18.2 Å². The van der Waals surface area contributed by atoms with Gasteiger partial charge < -0.3 is 10.6 Å². The molecule has 0 bridgehead atoms. The lowest BCUT2D eigenvalue weighted by molar-refractivity contribution is 0.238. The van der Waals surface area contributed by atoms with Crippen molar-refractivity contribution in [1.29, 1.82) is 0 Å². The lowest BCUT2D eigenvalue weighted by Gasteiger charge is -2.22. The molecule has 2 rings (SSSR count). The highest BCUT2D eigenvalue weighted by molar-refractivity contribution is 6.42. The average Bonchev–Trinajstić information content (AvgIpc) is 2.88. The number of carbonyl (C=O) groups excluding carboxylic acids is 1. The van der Waals surface area contributed by atoms with Crippen LogP contribution in [-0.2, 0) is 0 Å². The van der Waals surface area contributed by atoms with Crippen LogP contribution in [0.4, 0.5) is 10.5 Å². The smallest absolute Gasteiger partial charge is 0.319 e. The van der Waals surface area contributed by atoms with E-state index in [4.69, 9.17) is 23.2 Å². The molecule has 1 saturated heterocycles. The number of nitrogens with zero attached hydrogens (tertiary/aromatic N) is 1. The zero-order valence-corrected chi connectivity index (χ0v) is 13.0. The first-order valence-corrected chi connectivity index (χ1v) is 7.59. The van der Waals surface area contributed by atoms with Crippen molar-refractivity contribution in [3.8, 4) is 0 Å². The van der Waals surface area contributed by atoms with Gasteiger partial charge in [0.15, 0.2) is 0 Å². The van der Waals surface area contributed by atoms with Crippen molar-refractivity contribution in [2.24, 2.45) is 0 Å². The molecule has 1 heterocycles. The molecule has 6 heteroatoms. The van der Waals surface area contributed by atoms with Gasteiger partial charge in [-0.15, -0.1) is 0 Å². The van der Waals surface area contributed by atoms with Crippen LogP contribution in [0.15, 0.2) is 18.2 Å². The Balaban J connectivity index is 1.81. The van der Waals surface area contributed by atoms with Gasteiger partial charge in [0, 0.05) is 18.3 Å². The summed E-state index contributed by atoms with van der Waals surface area (Å²) < 4.78 is 0. The van der Waals surface area contributed by atoms with Crippen LogP contribution in [0.5, 0.6) is 0 Å². The number of halogens is 2. The third kappa shape index (κ3) is 4.01. The van der Waals surface area contributed by atoms with E-state index in [-0.39, 0.29) is 6.03 Å². The Morgan fingerprint density at radius 2 is 2.20 bits per heavy atom. The molecule has 0 spiro atoms. The van der Waals surface area contributed by atoms with Gasteiger partial charge in [0.25, 0.3) is 0 Å². The Morgan fingerprint density at radius 3 is 2.90 bits per heavy atom. The highest BCUT2D eigenvalue weighted by Crippen LogP contribution is 2.24. The van der Waals surface area contributed by atoms with Crippen molar-refractivity contribution in [1.82, 2.24) is 10.2 Å². The molecule has 1 aromatic carbocycles. The third-order valence-corrected chi connectivity index (χ3v) is 4.32. The standard InChI is InChI=1S/C14H19Cl2N3O/c1-2-19-7-3-4-11(19)9-17-14(20)18-10-5-6-12(15)13(16)8-10/h5-6,8,11H,2-4,7,9H2,1H3,(H2,17,18,20). The summed E-state index contributed by atoms with van der Waals surface area (Å²) >= 11 is 11.7. The van der Waals surface area contributed by atoms with Crippen molar-refractivity contribution >= 4 is 34.9 Å². The second kappa shape index (κ2) is 7.16. The number of urea groups is 1. The van der Waals surface area contributed by atoms with Gasteiger partial charge in [0.05, 0.1) is 10.0 Å². The van der Waals surface area contributed by atoms with Crippen LogP contribution in [-0.4, -0.2) is 36.6 Å². The van der Waals surface area contributed by atoms with E-state index in [1.807, 2.05) is 0 Å². The van der Waals surface area contributed by atoms with Crippen LogP contribution in [0.1, 0.15) is 19.8 Å². The first-order valence-electron chi connectivity index (χ1n) is 6.84. The largest absolute Gasteiger partial charge is 0.336 e. The molecule has 2 N–H and O–H groups in total. The second-order valence-electron chi connectivity index (χ2n) is 4.89. The van der Waals surface area contributed by atoms with E-state index in [2.05, 4.69) is 22.5 Å². The fraction of sp³-hybridized carbons (Fsp3) is 0.500. The molecule has 4 nitrogen and oxygen atoms in total. The molecule has 0 radical (unpaired) electrons. The minimum absolute atomic E-state index is 0.216. The van der Waals surface area contributed by atoms with E-state index < -0.39 is 0 Å². The topological polar surface area (TPSA) is 44.4 Å². The molecule has 0 aliphatic carbocycles. The maximum Gasteiger partial charge on any atom is 0.319 e. The van der Waals surface area contributed by atoms with E-state index in [0.717, 1.165) is 19.5 Å². The number of rotatable bonds is 4. The molecule has 0 aromatic heterocycles. The van der Waals surface area contributed by atoms with Gasteiger partial charge in [-0.2, -0.15) is 0 Å². The summed E-state index contributed by atoms with van der Waals surface area (Å²) in [4.78, 5) is 14.2. The number of hydrogen-bond acceptors (Lipinski definition) is 2. The minimum Gasteiger partial charge on any atom is -0.336 e. The van der Waals surface area contributed by atoms with E-state index >= 15 is 0 Å². The highest BCUT2D eigenvalue weighted by Gasteiger charge is 2.23. The van der Waals surface area contributed by atoms with E-state index in [1.165, 1.54) is 6.42 Å². The summed E-state index contributed by atoms with van der Waals surface area (Å²) in [5, 5.41) is 6.56. The van der Waals surface area contributed by atoms with Crippen molar-refractivity contribution < 1.29 is 4.79 Å². The lowest BCUT2D eigenvalue weighted by Crippen LogP contribution is -2.41. The predicted octanol–water partition coefficient (Wildman–Crippen LogP) is 3.60. The summed E-state index contributed by atoms with van der Waals surface area (Å²) in [6.45, 7) is 4.97. The monoisotopic (exact) mass is 315 g/mol. The number of amides is 2. The number of benzene rings is 1. The summed E-state index contributed by atoms with van der Waals surface area (Å²) in [6.07, 6.45) is 2.34. The summed E-state index contributed by atoms with van der Waals surface area (Å²) in [7, 11) is 0. The van der Waals surface area contributed by atoms with Gasteiger partial charge in [-0.3, -0.25) is 4.90 Å². The van der Waals surface area contributed by atoms with Crippen LogP contribution in [0.25, 0.3) is 0 Å². The van der Waals surface area contributed by atoms with Crippen LogP contribution < -0.4 is 10.6 Å². The van der Waals surface area contributed by atoms with Crippen molar-refractivity contribution in [2.75, 3.05) is 25.0 Å². The van der Waals surface area contributed by atoms with Crippen LogP contribution in [0, 0.1) is 0 Å². The van der Waals surface area contributed by atoms with Gasteiger partial charge in [-0.25, -0.2) is 4.79 Å². The molecule has 1 fully saturated rings. The molecule has 1 aliphatic rings. The van der Waals surface area contributed by atoms with Crippen molar-refractivity contribution in [3.05, 3.63) is 28.2 Å². The van der Waals surface area contributed by atoms with Gasteiger partial charge >= 0.3 is 6.03 Å². The zero-order chi connectivity index (χ0) is 14.5. The highest BCUT2D eigenvalue weighted by atomic mass is 35.5. The number of nitrogens with one attached hydrogen (secondary N) is 2. The molecular formula is C14H19Cl2N3O. The van der Waals surface area contributed by atoms with E-state index in [0.29, 0.717) is 28.3 Å². The number of hydrogen-bond donors (Lipinski definition) is 2. The van der Waals surface area contributed by atoms with Gasteiger partial charge in [-0.05, 0) is 44.1 Å². The molecule has 2 amide bonds. The fourth-order valence-electron chi connectivity index (χ4n) is 2.50. The first-order chi connectivity index (χ1) is 9.60. The molecule has 1 aromatic rings. The lowest BCUT2D eigenvalue weighted by atomic mass is 10.2. The number of anilines is 1. The number of likely N-dealkylation sites (tertiary alicyclic amines) is 1. The van der Waals surface area contributed by atoms with Crippen LogP contribution in [0.3, 0.4) is 0 Å². The third-order valence-electron chi connectivity index (χ3n) is 3.58. The molecule has 1 unspecified atom stereocenters. The SMILES string of the molecule is CCN1CCCC1CNC(=O)Nc1ccc(Cl)c(Cl)c1. The van der Waals surface area contributed by atoms with E-state index in [9.17, 15) is 4.79 Å². The zero-order valence-electron chi connectivity index (χ0n) is 11.5. The van der Waals surface area contributed by atoms with Crippen LogP contribution in [0.2, 0.25) is 10.0 Å². The van der Waals surface area contributed by atoms with Gasteiger partial charge in [0.1, 0.15) is 0 Å². The normalized spacial score (nSPS) is 19.1. The molecular weight excluding hydrogens is 297 g/mol. The summed E-state index contributed by atoms with van der Waals surface area (Å²) in [6, 6.07) is 5.25. The van der Waals surface area contributed by atoms with Crippen molar-refractivity contribution in [2.45, 2.75) is 25.8 Å². The van der Waals surface area contributed by atoms with Crippen molar-refractivity contribution in [3.63, 3.8) is 0 Å². The molecule has 1 aliphatic heterocycles. The quantitative estimate of drug-likeness (QED) is 0.891. The molecule has 110 valence electrons. The molecule has 20 heavy (non-hydrogen) atoms. The Bertz CT molecular complexity index is 481. The average molecular weight is 316 g/mol. The minimum atomic E-state index is -0.216. The molecule has 0 saturated carbocycles. The second-order valence-corrected chi connectivity index (χ2v) is 5.70. The fourth-order valence-corrected chi connectivity index (χ4v) is 2.80. The summed E-state index contributed by atoms with van der Waals surface area (Å²) in [5.41, 5.74) is 0.635.